The molecule has 1 rings (SSSR count). The van der Waals surface area contributed by atoms with Gasteiger partial charge in [-0.2, -0.15) is 11.8 Å². The Hall–Kier alpha value is -0.590. The van der Waals surface area contributed by atoms with Gasteiger partial charge in [0.15, 0.2) is 0 Å². The number of nitrogens with one attached hydrogen (secondary N) is 1. The molecular formula is C8H12N2O2S2. The van der Waals surface area contributed by atoms with Crippen molar-refractivity contribution < 1.29 is 4.92 Å². The minimum atomic E-state index is -0.351. The summed E-state index contributed by atoms with van der Waals surface area (Å²) in [6.45, 7) is 1.66. The molecule has 0 unspecified atom stereocenters. The predicted octanol–water partition coefficient (Wildman–Crippen LogP) is 2.11. The molecule has 0 aromatic carbocycles. The van der Waals surface area contributed by atoms with Gasteiger partial charge in [-0.3, -0.25) is 10.1 Å². The summed E-state index contributed by atoms with van der Waals surface area (Å²) in [4.78, 5) is 11.0. The molecule has 1 aromatic heterocycles. The average Bonchev–Trinajstić information content (AvgIpc) is 2.61. The highest BCUT2D eigenvalue weighted by molar-refractivity contribution is 7.98. The van der Waals surface area contributed by atoms with E-state index in [4.69, 9.17) is 0 Å². The summed E-state index contributed by atoms with van der Waals surface area (Å²) in [5.41, 5.74) is 0. The van der Waals surface area contributed by atoms with Crippen molar-refractivity contribution in [2.45, 2.75) is 6.54 Å². The highest BCUT2D eigenvalue weighted by atomic mass is 32.2. The lowest BCUT2D eigenvalue weighted by atomic mass is 10.4. The number of thiophene rings is 1. The van der Waals surface area contributed by atoms with Gasteiger partial charge < -0.3 is 5.32 Å². The maximum absolute atomic E-state index is 10.4. The van der Waals surface area contributed by atoms with Crippen LogP contribution in [0.15, 0.2) is 12.1 Å². The molecule has 0 aliphatic rings. The molecule has 0 aliphatic carbocycles. The van der Waals surface area contributed by atoms with Gasteiger partial charge in [-0.1, -0.05) is 11.3 Å². The molecule has 0 bridgehead atoms. The van der Waals surface area contributed by atoms with Crippen molar-refractivity contribution >= 4 is 28.1 Å². The van der Waals surface area contributed by atoms with Crippen molar-refractivity contribution in [2.24, 2.45) is 0 Å². The van der Waals surface area contributed by atoms with E-state index in [1.54, 1.807) is 23.9 Å². The van der Waals surface area contributed by atoms with Crippen molar-refractivity contribution in [3.05, 3.63) is 27.1 Å². The Balaban J connectivity index is 2.33. The topological polar surface area (TPSA) is 55.2 Å². The van der Waals surface area contributed by atoms with Crippen molar-refractivity contribution in [3.63, 3.8) is 0 Å². The summed E-state index contributed by atoms with van der Waals surface area (Å²) in [6, 6.07) is 3.35. The normalized spacial score (nSPS) is 10.4. The summed E-state index contributed by atoms with van der Waals surface area (Å²) < 4.78 is 0. The molecule has 6 heteroatoms. The first-order valence-corrected chi connectivity index (χ1v) is 6.38. The van der Waals surface area contributed by atoms with Crippen LogP contribution in [0.3, 0.4) is 0 Å². The summed E-state index contributed by atoms with van der Waals surface area (Å²) in [5, 5.41) is 13.8. The Kier molecular flexibility index (Phi) is 4.92. The third-order valence-corrected chi connectivity index (χ3v) is 3.26. The maximum Gasteiger partial charge on any atom is 0.324 e. The predicted molar refractivity (Wildman–Crippen MR) is 61.1 cm³/mol. The molecule has 0 atom stereocenters. The second-order valence-corrected chi connectivity index (χ2v) is 4.80. The fourth-order valence-electron chi connectivity index (χ4n) is 0.946. The second-order valence-electron chi connectivity index (χ2n) is 2.67. The first-order chi connectivity index (χ1) is 6.74. The van der Waals surface area contributed by atoms with Gasteiger partial charge in [0, 0.05) is 29.8 Å². The lowest BCUT2D eigenvalue weighted by Crippen LogP contribution is -2.15. The first kappa shape index (κ1) is 11.5. The highest BCUT2D eigenvalue weighted by Gasteiger charge is 2.08. The summed E-state index contributed by atoms with van der Waals surface area (Å²) in [5.74, 6) is 1.06. The van der Waals surface area contributed by atoms with Crippen LogP contribution in [0.2, 0.25) is 0 Å². The van der Waals surface area contributed by atoms with E-state index in [9.17, 15) is 10.1 Å². The number of hydrogen-bond donors (Lipinski definition) is 1. The van der Waals surface area contributed by atoms with Crippen LogP contribution in [-0.4, -0.2) is 23.5 Å². The second kappa shape index (κ2) is 6.00. The molecule has 14 heavy (non-hydrogen) atoms. The third-order valence-electron chi connectivity index (χ3n) is 1.61. The zero-order valence-electron chi connectivity index (χ0n) is 7.86. The molecule has 0 spiro atoms. The van der Waals surface area contributed by atoms with Crippen molar-refractivity contribution in [2.75, 3.05) is 18.6 Å². The summed E-state index contributed by atoms with van der Waals surface area (Å²) >= 11 is 3.01. The monoisotopic (exact) mass is 232 g/mol. The number of thioether (sulfide) groups is 1. The summed E-state index contributed by atoms with van der Waals surface area (Å²) in [7, 11) is 0. The van der Waals surface area contributed by atoms with Crippen molar-refractivity contribution in [1.29, 1.82) is 0 Å². The Morgan fingerprint density at radius 1 is 1.64 bits per heavy atom. The van der Waals surface area contributed by atoms with Gasteiger partial charge in [0.05, 0.1) is 4.92 Å². The van der Waals surface area contributed by atoms with E-state index in [0.29, 0.717) is 0 Å². The van der Waals surface area contributed by atoms with E-state index in [1.165, 1.54) is 11.3 Å². The third kappa shape index (κ3) is 3.65. The van der Waals surface area contributed by atoms with Gasteiger partial charge >= 0.3 is 5.00 Å². The molecular weight excluding hydrogens is 220 g/mol. The minimum Gasteiger partial charge on any atom is -0.311 e. The molecule has 0 aliphatic heterocycles. The number of nitrogens with zero attached hydrogens (tertiary/aromatic N) is 1. The van der Waals surface area contributed by atoms with Crippen LogP contribution >= 0.6 is 23.1 Å². The van der Waals surface area contributed by atoms with Crippen molar-refractivity contribution in [1.82, 2.24) is 5.32 Å². The molecule has 0 saturated heterocycles. The van der Waals surface area contributed by atoms with Crippen LogP contribution in [0.4, 0.5) is 5.00 Å². The molecule has 4 nitrogen and oxygen atoms in total. The smallest absolute Gasteiger partial charge is 0.311 e. The maximum atomic E-state index is 10.4. The fourth-order valence-corrected chi connectivity index (χ4v) is 2.08. The van der Waals surface area contributed by atoms with Gasteiger partial charge in [-0.15, -0.1) is 0 Å². The fraction of sp³-hybridized carbons (Fsp3) is 0.500. The van der Waals surface area contributed by atoms with Gasteiger partial charge in [0.2, 0.25) is 0 Å². The lowest BCUT2D eigenvalue weighted by molar-refractivity contribution is -0.380. The molecule has 0 saturated carbocycles. The Bertz CT molecular complexity index is 301. The van der Waals surface area contributed by atoms with E-state index in [2.05, 4.69) is 11.6 Å². The average molecular weight is 232 g/mol. The van der Waals surface area contributed by atoms with Crippen LogP contribution in [0.1, 0.15) is 4.88 Å². The number of nitro groups is 1. The zero-order valence-corrected chi connectivity index (χ0v) is 9.49. The molecule has 1 aromatic rings. The highest BCUT2D eigenvalue weighted by Crippen LogP contribution is 2.23. The molecule has 0 radical (unpaired) electrons. The Morgan fingerprint density at radius 2 is 2.43 bits per heavy atom. The number of rotatable bonds is 6. The van der Waals surface area contributed by atoms with E-state index in [0.717, 1.165) is 23.7 Å². The van der Waals surface area contributed by atoms with E-state index < -0.39 is 0 Å². The minimum absolute atomic E-state index is 0.215. The summed E-state index contributed by atoms with van der Waals surface area (Å²) in [6.07, 6.45) is 2.05. The van der Waals surface area contributed by atoms with Gasteiger partial charge in [-0.25, -0.2) is 0 Å². The van der Waals surface area contributed by atoms with Gasteiger partial charge in [0.1, 0.15) is 0 Å². The Labute approximate surface area is 90.9 Å². The van der Waals surface area contributed by atoms with E-state index in [-0.39, 0.29) is 9.92 Å². The van der Waals surface area contributed by atoms with Gasteiger partial charge in [0.25, 0.3) is 0 Å². The molecule has 78 valence electrons. The SMILES string of the molecule is CSCCNCc1ccc([N+](=O)[O-])s1. The first-order valence-electron chi connectivity index (χ1n) is 4.17. The van der Waals surface area contributed by atoms with Crippen molar-refractivity contribution in [3.8, 4) is 0 Å². The van der Waals surface area contributed by atoms with E-state index >= 15 is 0 Å². The van der Waals surface area contributed by atoms with Crippen LogP contribution in [-0.2, 0) is 6.54 Å². The molecule has 0 amide bonds. The van der Waals surface area contributed by atoms with E-state index in [1.807, 2.05) is 0 Å². The van der Waals surface area contributed by atoms with Crippen LogP contribution in [0.25, 0.3) is 0 Å². The van der Waals surface area contributed by atoms with Crippen LogP contribution in [0, 0.1) is 10.1 Å². The number of hydrogen-bond acceptors (Lipinski definition) is 5. The Morgan fingerprint density at radius 3 is 3.00 bits per heavy atom. The molecule has 0 fully saturated rings. The van der Waals surface area contributed by atoms with Crippen LogP contribution < -0.4 is 5.32 Å². The lowest BCUT2D eigenvalue weighted by Gasteiger charge is -1.99. The quantitative estimate of drug-likeness (QED) is 0.463. The largest absolute Gasteiger partial charge is 0.324 e. The van der Waals surface area contributed by atoms with Gasteiger partial charge in [-0.05, 0) is 12.3 Å². The standard InChI is InChI=1S/C8H12N2O2S2/c1-13-5-4-9-6-7-2-3-8(14-7)10(11)12/h2-3,9H,4-6H2,1H3. The molecule has 1 heterocycles. The molecule has 1 N–H and O–H groups in total. The zero-order chi connectivity index (χ0) is 10.4. The van der Waals surface area contributed by atoms with Crippen LogP contribution in [0.5, 0.6) is 0 Å².